The minimum absolute atomic E-state index is 0. The summed E-state index contributed by atoms with van der Waals surface area (Å²) in [5.41, 5.74) is 2.94. The number of carbonyl (C=O) groups is 1. The molecular formula is C19H26ClN5O. The number of halogens is 1. The minimum atomic E-state index is 0. The van der Waals surface area contributed by atoms with Crippen molar-refractivity contribution in [2.24, 2.45) is 0 Å². The second-order valence-corrected chi connectivity index (χ2v) is 6.96. The zero-order valence-electron chi connectivity index (χ0n) is 15.1. The molecule has 0 bridgehead atoms. The van der Waals surface area contributed by atoms with Gasteiger partial charge in [-0.2, -0.15) is 5.10 Å². The molecule has 0 saturated carbocycles. The van der Waals surface area contributed by atoms with Crippen LogP contribution in [0.4, 0.5) is 5.69 Å². The smallest absolute Gasteiger partial charge is 0.274 e. The maximum absolute atomic E-state index is 13.0. The van der Waals surface area contributed by atoms with Crippen LogP contribution in [0, 0.1) is 0 Å². The molecule has 6 nitrogen and oxygen atoms in total. The van der Waals surface area contributed by atoms with Crippen molar-refractivity contribution in [3.05, 3.63) is 47.8 Å². The van der Waals surface area contributed by atoms with Crippen LogP contribution in [0.15, 0.2) is 36.5 Å². The van der Waals surface area contributed by atoms with E-state index in [1.54, 1.807) is 0 Å². The van der Waals surface area contributed by atoms with E-state index in [0.717, 1.165) is 32.5 Å². The number of piperidine rings is 1. The van der Waals surface area contributed by atoms with Gasteiger partial charge in [0.1, 0.15) is 5.69 Å². The van der Waals surface area contributed by atoms with Gasteiger partial charge in [0.15, 0.2) is 0 Å². The third-order valence-electron chi connectivity index (χ3n) is 5.23. The Morgan fingerprint density at radius 1 is 1.23 bits per heavy atom. The van der Waals surface area contributed by atoms with Gasteiger partial charge in [0.25, 0.3) is 5.91 Å². The zero-order valence-corrected chi connectivity index (χ0v) is 15.9. The fourth-order valence-corrected chi connectivity index (χ4v) is 3.74. The van der Waals surface area contributed by atoms with Crippen LogP contribution >= 0.6 is 12.4 Å². The molecule has 1 aromatic carbocycles. The second-order valence-electron chi connectivity index (χ2n) is 6.96. The molecule has 0 spiro atoms. The molecule has 0 radical (unpaired) electrons. The van der Waals surface area contributed by atoms with Crippen LogP contribution in [0.5, 0.6) is 0 Å². The van der Waals surface area contributed by atoms with Crippen molar-refractivity contribution in [1.29, 1.82) is 0 Å². The van der Waals surface area contributed by atoms with Crippen molar-refractivity contribution in [1.82, 2.24) is 20.0 Å². The van der Waals surface area contributed by atoms with Gasteiger partial charge in [-0.3, -0.25) is 9.48 Å². The van der Waals surface area contributed by atoms with E-state index in [1.807, 2.05) is 34.0 Å². The molecule has 140 valence electrons. The van der Waals surface area contributed by atoms with E-state index in [0.29, 0.717) is 24.8 Å². The molecule has 1 N–H and O–H groups in total. The average molecular weight is 376 g/mol. The number of rotatable bonds is 2. The van der Waals surface area contributed by atoms with E-state index < -0.39 is 0 Å². The van der Waals surface area contributed by atoms with E-state index in [1.165, 1.54) is 11.3 Å². The monoisotopic (exact) mass is 375 g/mol. The summed E-state index contributed by atoms with van der Waals surface area (Å²) in [6, 6.07) is 10.5. The Kier molecular flexibility index (Phi) is 5.84. The number of nitrogens with zero attached hydrogens (tertiary/aromatic N) is 4. The first-order valence-corrected chi connectivity index (χ1v) is 9.06. The standard InChI is InChI=1S/C19H25N5O.ClH/c1-22-11-12-23(14-15-5-2-3-7-18(15)22)19(25)17-8-10-24(21-17)16-6-4-9-20-13-16;/h2-3,5,7-8,10,16,20H,4,6,9,11-14H2,1H3;1H. The lowest BCUT2D eigenvalue weighted by molar-refractivity contribution is 0.0744. The highest BCUT2D eigenvalue weighted by Gasteiger charge is 2.24. The largest absolute Gasteiger partial charge is 0.373 e. The van der Waals surface area contributed by atoms with E-state index in [9.17, 15) is 4.79 Å². The molecule has 0 aliphatic carbocycles. The number of nitrogens with one attached hydrogen (secondary N) is 1. The number of benzene rings is 1. The van der Waals surface area contributed by atoms with Crippen molar-refractivity contribution in [3.8, 4) is 0 Å². The van der Waals surface area contributed by atoms with E-state index in [-0.39, 0.29) is 18.3 Å². The Labute approximate surface area is 160 Å². The highest BCUT2D eigenvalue weighted by atomic mass is 35.5. The SMILES string of the molecule is CN1CCN(C(=O)c2ccn(C3CCCNC3)n2)Cc2ccccc21.Cl. The van der Waals surface area contributed by atoms with Crippen LogP contribution in [0.25, 0.3) is 0 Å². The maximum Gasteiger partial charge on any atom is 0.274 e. The zero-order chi connectivity index (χ0) is 17.2. The third-order valence-corrected chi connectivity index (χ3v) is 5.23. The summed E-state index contributed by atoms with van der Waals surface area (Å²) in [5, 5.41) is 7.98. The van der Waals surface area contributed by atoms with Crippen molar-refractivity contribution >= 4 is 24.0 Å². The van der Waals surface area contributed by atoms with Crippen molar-refractivity contribution < 1.29 is 4.79 Å². The lowest BCUT2D eigenvalue weighted by Gasteiger charge is -2.23. The molecule has 2 aliphatic rings. The molecule has 1 unspecified atom stereocenters. The van der Waals surface area contributed by atoms with Gasteiger partial charge in [-0.05, 0) is 37.1 Å². The molecule has 1 aromatic heterocycles. The highest BCUT2D eigenvalue weighted by molar-refractivity contribution is 5.92. The predicted molar refractivity (Wildman–Crippen MR) is 105 cm³/mol. The number of amides is 1. The molecular weight excluding hydrogens is 350 g/mol. The van der Waals surface area contributed by atoms with Crippen LogP contribution in [-0.2, 0) is 6.54 Å². The normalized spacial score (nSPS) is 20.1. The average Bonchev–Trinajstić information content (AvgIpc) is 3.09. The van der Waals surface area contributed by atoms with Crippen LogP contribution in [0.3, 0.4) is 0 Å². The summed E-state index contributed by atoms with van der Waals surface area (Å²) >= 11 is 0. The quantitative estimate of drug-likeness (QED) is 0.875. The first-order chi connectivity index (χ1) is 12.2. The van der Waals surface area contributed by atoms with Gasteiger partial charge in [-0.1, -0.05) is 18.2 Å². The number of hydrogen-bond acceptors (Lipinski definition) is 4. The second kappa shape index (κ2) is 8.10. The van der Waals surface area contributed by atoms with Gasteiger partial charge >= 0.3 is 0 Å². The highest BCUT2D eigenvalue weighted by Crippen LogP contribution is 2.24. The van der Waals surface area contributed by atoms with Crippen molar-refractivity contribution in [2.75, 3.05) is 38.1 Å². The summed E-state index contributed by atoms with van der Waals surface area (Å²) in [5.74, 6) is 0.0209. The summed E-state index contributed by atoms with van der Waals surface area (Å²) in [7, 11) is 2.08. The molecule has 7 heteroatoms. The van der Waals surface area contributed by atoms with E-state index in [2.05, 4.69) is 34.5 Å². The molecule has 26 heavy (non-hydrogen) atoms. The predicted octanol–water partition coefficient (Wildman–Crippen LogP) is 2.32. The number of fused-ring (bicyclic) bond motifs is 1. The number of carbonyl (C=O) groups excluding carboxylic acids is 1. The molecule has 3 heterocycles. The Bertz CT molecular complexity index is 756. The lowest BCUT2D eigenvalue weighted by Crippen LogP contribution is -2.35. The molecule has 2 aromatic rings. The van der Waals surface area contributed by atoms with Crippen LogP contribution in [0.1, 0.15) is 34.9 Å². The van der Waals surface area contributed by atoms with E-state index in [4.69, 9.17) is 0 Å². The molecule has 1 saturated heterocycles. The van der Waals surface area contributed by atoms with Crippen LogP contribution in [0.2, 0.25) is 0 Å². The summed E-state index contributed by atoms with van der Waals surface area (Å²) < 4.78 is 1.96. The number of para-hydroxylation sites is 1. The van der Waals surface area contributed by atoms with Crippen molar-refractivity contribution in [3.63, 3.8) is 0 Å². The third kappa shape index (κ3) is 3.71. The van der Waals surface area contributed by atoms with Gasteiger partial charge in [-0.25, -0.2) is 0 Å². The number of hydrogen-bond donors (Lipinski definition) is 1. The fourth-order valence-electron chi connectivity index (χ4n) is 3.74. The minimum Gasteiger partial charge on any atom is -0.373 e. The van der Waals surface area contributed by atoms with Crippen LogP contribution < -0.4 is 10.2 Å². The van der Waals surface area contributed by atoms with Gasteiger partial charge < -0.3 is 15.1 Å². The molecule has 1 amide bonds. The number of anilines is 1. The summed E-state index contributed by atoms with van der Waals surface area (Å²) in [4.78, 5) is 17.1. The topological polar surface area (TPSA) is 53.4 Å². The summed E-state index contributed by atoms with van der Waals surface area (Å²) in [6.07, 6.45) is 4.22. The van der Waals surface area contributed by atoms with Gasteiger partial charge in [-0.15, -0.1) is 12.4 Å². The fraction of sp³-hybridized carbons (Fsp3) is 0.474. The first kappa shape index (κ1) is 18.7. The first-order valence-electron chi connectivity index (χ1n) is 9.06. The summed E-state index contributed by atoms with van der Waals surface area (Å²) in [6.45, 7) is 4.18. The maximum atomic E-state index is 13.0. The van der Waals surface area contributed by atoms with Gasteiger partial charge in [0.2, 0.25) is 0 Å². The Morgan fingerprint density at radius 3 is 2.88 bits per heavy atom. The Balaban J connectivity index is 0.00000196. The molecule has 1 atom stereocenters. The number of likely N-dealkylation sites (N-methyl/N-ethyl adjacent to an activating group) is 1. The van der Waals surface area contributed by atoms with E-state index >= 15 is 0 Å². The Morgan fingerprint density at radius 2 is 2.08 bits per heavy atom. The molecule has 1 fully saturated rings. The van der Waals surface area contributed by atoms with Gasteiger partial charge in [0.05, 0.1) is 6.04 Å². The van der Waals surface area contributed by atoms with Crippen LogP contribution in [-0.4, -0.2) is 53.8 Å². The Hall–Kier alpha value is -2.05. The number of aromatic nitrogens is 2. The lowest BCUT2D eigenvalue weighted by atomic mass is 10.1. The molecule has 4 rings (SSSR count). The van der Waals surface area contributed by atoms with Crippen molar-refractivity contribution in [2.45, 2.75) is 25.4 Å². The molecule has 2 aliphatic heterocycles. The van der Waals surface area contributed by atoms with Gasteiger partial charge in [0, 0.05) is 45.1 Å².